The number of likely N-dealkylation sites (tertiary alicyclic amines) is 1. The first-order valence-corrected chi connectivity index (χ1v) is 9.44. The van der Waals surface area contributed by atoms with Gasteiger partial charge in [0.15, 0.2) is 0 Å². The fourth-order valence-corrected chi connectivity index (χ4v) is 4.98. The second-order valence-corrected chi connectivity index (χ2v) is 7.83. The van der Waals surface area contributed by atoms with E-state index in [-0.39, 0.29) is 23.2 Å². The number of piperidine rings is 1. The highest BCUT2D eigenvalue weighted by atomic mass is 19.1. The van der Waals surface area contributed by atoms with Crippen molar-refractivity contribution in [2.45, 2.75) is 24.9 Å². The van der Waals surface area contributed by atoms with Gasteiger partial charge in [0.05, 0.1) is 0 Å². The Morgan fingerprint density at radius 1 is 1.21 bits per heavy atom. The van der Waals surface area contributed by atoms with Crippen molar-refractivity contribution in [1.82, 2.24) is 14.5 Å². The highest BCUT2D eigenvalue weighted by molar-refractivity contribution is 5.89. The number of hydrogen-bond donors (Lipinski definition) is 2. The number of aliphatic carboxylic acids is 1. The van der Waals surface area contributed by atoms with Crippen molar-refractivity contribution >= 4 is 16.9 Å². The first kappa shape index (κ1) is 17.2. The van der Waals surface area contributed by atoms with Gasteiger partial charge in [0, 0.05) is 60.0 Å². The number of nitrogens with one attached hydrogen (secondary N) is 1. The van der Waals surface area contributed by atoms with Crippen LogP contribution in [0, 0.1) is 11.7 Å². The Morgan fingerprint density at radius 3 is 2.89 bits per heavy atom. The minimum absolute atomic E-state index is 0.00842. The average molecular weight is 381 g/mol. The van der Waals surface area contributed by atoms with Crippen LogP contribution < -0.4 is 5.56 Å². The number of carboxylic acids is 1. The number of fused-ring (bicyclic) bond motifs is 5. The van der Waals surface area contributed by atoms with Crippen LogP contribution in [0.4, 0.5) is 4.39 Å². The Labute approximate surface area is 160 Å². The summed E-state index contributed by atoms with van der Waals surface area (Å²) in [5.74, 6) is -0.917. The molecule has 6 nitrogen and oxygen atoms in total. The van der Waals surface area contributed by atoms with Gasteiger partial charge in [0.1, 0.15) is 11.9 Å². The Hall–Kier alpha value is -2.93. The van der Waals surface area contributed by atoms with Crippen molar-refractivity contribution in [3.8, 4) is 0 Å². The zero-order chi connectivity index (χ0) is 19.4. The number of pyridine rings is 1. The van der Waals surface area contributed by atoms with E-state index in [0.717, 1.165) is 17.5 Å². The molecule has 0 saturated carbocycles. The maximum atomic E-state index is 13.5. The van der Waals surface area contributed by atoms with E-state index in [4.69, 9.17) is 0 Å². The molecule has 3 atom stereocenters. The SMILES string of the molecule is O=C(O)C(c1c[nH]c2cc(F)ccc12)N1C[C@H]2C[C@H](C1)c1cccc(=O)n1C2. The molecule has 0 spiro atoms. The van der Waals surface area contributed by atoms with Crippen molar-refractivity contribution in [2.24, 2.45) is 5.92 Å². The van der Waals surface area contributed by atoms with Gasteiger partial charge in [-0.15, -0.1) is 0 Å². The summed E-state index contributed by atoms with van der Waals surface area (Å²) >= 11 is 0. The highest BCUT2D eigenvalue weighted by Gasteiger charge is 2.40. The summed E-state index contributed by atoms with van der Waals surface area (Å²) in [6.45, 7) is 1.81. The molecule has 2 aliphatic rings. The zero-order valence-electron chi connectivity index (χ0n) is 15.1. The van der Waals surface area contributed by atoms with Gasteiger partial charge in [-0.2, -0.15) is 0 Å². The van der Waals surface area contributed by atoms with Gasteiger partial charge in [-0.1, -0.05) is 6.07 Å². The molecule has 1 fully saturated rings. The fraction of sp³-hybridized carbons (Fsp3) is 0.333. The topological polar surface area (TPSA) is 78.3 Å². The smallest absolute Gasteiger partial charge is 0.325 e. The van der Waals surface area contributed by atoms with Crippen LogP contribution >= 0.6 is 0 Å². The summed E-state index contributed by atoms with van der Waals surface area (Å²) in [5, 5.41) is 10.8. The molecule has 144 valence electrons. The first-order chi connectivity index (χ1) is 13.5. The molecular weight excluding hydrogens is 361 g/mol. The number of benzene rings is 1. The molecule has 2 bridgehead atoms. The zero-order valence-corrected chi connectivity index (χ0v) is 15.1. The van der Waals surface area contributed by atoms with E-state index in [0.29, 0.717) is 30.7 Å². The number of aromatic amines is 1. The molecule has 2 aromatic heterocycles. The standard InChI is InChI=1S/C21H20FN3O3/c22-14-4-5-15-16(8-23-17(15)7-14)20(21(27)28)24-9-12-6-13(11-24)18-2-1-3-19(26)25(18)10-12/h1-5,7-8,12-13,20,23H,6,9-11H2,(H,27,28)/t12-,13-,20?/m1/s1. The van der Waals surface area contributed by atoms with Crippen molar-refractivity contribution in [3.05, 3.63) is 70.0 Å². The Kier molecular flexibility index (Phi) is 3.87. The minimum Gasteiger partial charge on any atom is -0.480 e. The molecule has 2 aliphatic heterocycles. The minimum atomic E-state index is -0.921. The number of rotatable bonds is 3. The summed E-state index contributed by atoms with van der Waals surface area (Å²) in [6.07, 6.45) is 2.64. The number of carboxylic acid groups (broad SMARTS) is 1. The van der Waals surface area contributed by atoms with E-state index in [9.17, 15) is 19.1 Å². The maximum Gasteiger partial charge on any atom is 0.325 e. The molecule has 2 N–H and O–H groups in total. The van der Waals surface area contributed by atoms with Crippen LogP contribution in [0.3, 0.4) is 0 Å². The van der Waals surface area contributed by atoms with Gasteiger partial charge in [-0.3, -0.25) is 14.5 Å². The van der Waals surface area contributed by atoms with E-state index < -0.39 is 12.0 Å². The van der Waals surface area contributed by atoms with Gasteiger partial charge in [0.25, 0.3) is 5.56 Å². The monoisotopic (exact) mass is 381 g/mol. The van der Waals surface area contributed by atoms with Gasteiger partial charge < -0.3 is 14.7 Å². The molecule has 1 saturated heterocycles. The lowest BCUT2D eigenvalue weighted by Crippen LogP contribution is -2.49. The number of nitrogens with zero attached hydrogens (tertiary/aromatic N) is 2. The van der Waals surface area contributed by atoms with Gasteiger partial charge in [-0.25, -0.2) is 4.39 Å². The number of H-pyrrole nitrogens is 1. The van der Waals surface area contributed by atoms with Crippen LogP contribution in [0.1, 0.15) is 29.6 Å². The first-order valence-electron chi connectivity index (χ1n) is 9.44. The predicted molar refractivity (Wildman–Crippen MR) is 102 cm³/mol. The largest absolute Gasteiger partial charge is 0.480 e. The quantitative estimate of drug-likeness (QED) is 0.731. The summed E-state index contributed by atoms with van der Waals surface area (Å²) < 4.78 is 15.3. The van der Waals surface area contributed by atoms with Crippen molar-refractivity contribution in [2.75, 3.05) is 13.1 Å². The number of aromatic nitrogens is 2. The van der Waals surface area contributed by atoms with Crippen LogP contribution in [-0.4, -0.2) is 38.6 Å². The van der Waals surface area contributed by atoms with E-state index >= 15 is 0 Å². The van der Waals surface area contributed by atoms with Gasteiger partial charge in [-0.05, 0) is 36.6 Å². The summed E-state index contributed by atoms with van der Waals surface area (Å²) in [5.41, 5.74) is 2.23. The third-order valence-electron chi connectivity index (χ3n) is 6.08. The molecular formula is C21H20FN3O3. The molecule has 3 aromatic rings. The maximum absolute atomic E-state index is 13.5. The van der Waals surface area contributed by atoms with Crippen molar-refractivity contribution in [1.29, 1.82) is 0 Å². The molecule has 0 aliphatic carbocycles. The average Bonchev–Trinajstić information content (AvgIpc) is 3.05. The summed E-state index contributed by atoms with van der Waals surface area (Å²) in [6, 6.07) is 8.87. The van der Waals surface area contributed by atoms with E-state index in [2.05, 4.69) is 4.98 Å². The van der Waals surface area contributed by atoms with Crippen molar-refractivity contribution in [3.63, 3.8) is 0 Å². The van der Waals surface area contributed by atoms with E-state index in [1.165, 1.54) is 12.1 Å². The molecule has 7 heteroatoms. The Balaban J connectivity index is 1.54. The van der Waals surface area contributed by atoms with Crippen LogP contribution in [0.25, 0.3) is 10.9 Å². The molecule has 5 rings (SSSR count). The van der Waals surface area contributed by atoms with Gasteiger partial charge in [0.2, 0.25) is 0 Å². The summed E-state index contributed by atoms with van der Waals surface area (Å²) in [4.78, 5) is 29.4. The Morgan fingerprint density at radius 2 is 2.07 bits per heavy atom. The third-order valence-corrected chi connectivity index (χ3v) is 6.08. The highest BCUT2D eigenvalue weighted by Crippen LogP contribution is 2.39. The van der Waals surface area contributed by atoms with Gasteiger partial charge >= 0.3 is 5.97 Å². The number of carbonyl (C=O) groups is 1. The predicted octanol–water partition coefficient (Wildman–Crippen LogP) is 2.71. The van der Waals surface area contributed by atoms with Crippen LogP contribution in [0.2, 0.25) is 0 Å². The molecule has 1 unspecified atom stereocenters. The normalized spacial score (nSPS) is 22.8. The lowest BCUT2D eigenvalue weighted by atomic mass is 9.82. The second kappa shape index (κ2) is 6.31. The molecule has 0 radical (unpaired) electrons. The molecule has 4 heterocycles. The van der Waals surface area contributed by atoms with Crippen LogP contribution in [0.15, 0.2) is 47.4 Å². The van der Waals surface area contributed by atoms with Crippen LogP contribution in [0.5, 0.6) is 0 Å². The lowest BCUT2D eigenvalue weighted by molar-refractivity contribution is -0.144. The molecule has 1 aromatic carbocycles. The summed E-state index contributed by atoms with van der Waals surface area (Å²) in [7, 11) is 0. The Bertz CT molecular complexity index is 1140. The lowest BCUT2D eigenvalue weighted by Gasteiger charge is -2.44. The fourth-order valence-electron chi connectivity index (χ4n) is 4.98. The molecule has 28 heavy (non-hydrogen) atoms. The van der Waals surface area contributed by atoms with E-state index in [1.807, 2.05) is 15.5 Å². The van der Waals surface area contributed by atoms with Crippen LogP contribution in [-0.2, 0) is 11.3 Å². The van der Waals surface area contributed by atoms with Crippen molar-refractivity contribution < 1.29 is 14.3 Å². The second-order valence-electron chi connectivity index (χ2n) is 7.83. The number of halogens is 1. The van der Waals surface area contributed by atoms with E-state index in [1.54, 1.807) is 24.4 Å². The third kappa shape index (κ3) is 2.65. The number of hydrogen-bond acceptors (Lipinski definition) is 3. The molecule has 0 amide bonds.